The maximum atomic E-state index is 12.4. The zero-order valence-corrected chi connectivity index (χ0v) is 14.6. The smallest absolute Gasteiger partial charge is 0.257 e. The fourth-order valence-corrected chi connectivity index (χ4v) is 2.44. The van der Waals surface area contributed by atoms with Gasteiger partial charge in [0.25, 0.3) is 5.91 Å². The lowest BCUT2D eigenvalue weighted by atomic mass is 10.1. The summed E-state index contributed by atoms with van der Waals surface area (Å²) in [5.74, 6) is 0.171. The number of anilines is 3. The molecule has 1 amide bonds. The molecule has 0 spiro atoms. The Balaban J connectivity index is 1.69. The van der Waals surface area contributed by atoms with Gasteiger partial charge in [0.15, 0.2) is 5.78 Å². The quantitative estimate of drug-likeness (QED) is 0.670. The molecule has 6 nitrogen and oxygen atoms in total. The first-order valence-corrected chi connectivity index (χ1v) is 8.21. The number of aromatic nitrogens is 1. The van der Waals surface area contributed by atoms with Gasteiger partial charge in [-0.15, -0.1) is 0 Å². The van der Waals surface area contributed by atoms with Gasteiger partial charge in [-0.05, 0) is 49.4 Å². The van der Waals surface area contributed by atoms with E-state index in [0.29, 0.717) is 28.2 Å². The highest BCUT2D eigenvalue weighted by Gasteiger charge is 2.08. The molecule has 0 radical (unpaired) electrons. The van der Waals surface area contributed by atoms with Crippen LogP contribution >= 0.6 is 0 Å². The van der Waals surface area contributed by atoms with Gasteiger partial charge in [0, 0.05) is 23.1 Å². The molecule has 2 aromatic carbocycles. The average molecular weight is 356 g/mol. The predicted molar refractivity (Wildman–Crippen MR) is 103 cm³/mol. The van der Waals surface area contributed by atoms with Crippen LogP contribution < -0.4 is 10.6 Å². The van der Waals surface area contributed by atoms with Crippen molar-refractivity contribution >= 4 is 28.9 Å². The van der Waals surface area contributed by atoms with Gasteiger partial charge in [0.2, 0.25) is 0 Å². The van der Waals surface area contributed by atoms with E-state index in [1.165, 1.54) is 13.1 Å². The monoisotopic (exact) mass is 356 g/mol. The van der Waals surface area contributed by atoms with E-state index in [-0.39, 0.29) is 11.7 Å². The second kappa shape index (κ2) is 7.93. The first-order valence-electron chi connectivity index (χ1n) is 8.21. The molecule has 0 bridgehead atoms. The Labute approximate surface area is 156 Å². The summed E-state index contributed by atoms with van der Waals surface area (Å²) in [7, 11) is 0. The van der Waals surface area contributed by atoms with E-state index in [1.807, 2.05) is 6.07 Å². The number of ketones is 1. The first kappa shape index (κ1) is 17.8. The maximum absolute atomic E-state index is 12.4. The number of amides is 1. The normalized spacial score (nSPS) is 9.93. The molecule has 1 aromatic heterocycles. The summed E-state index contributed by atoms with van der Waals surface area (Å²) in [6.45, 7) is 1.48. The number of carbonyl (C=O) groups is 2. The van der Waals surface area contributed by atoms with Gasteiger partial charge in [0.1, 0.15) is 5.82 Å². The Kier molecular flexibility index (Phi) is 5.24. The van der Waals surface area contributed by atoms with Crippen LogP contribution in [0.15, 0.2) is 66.9 Å². The number of benzene rings is 2. The molecule has 0 aliphatic heterocycles. The largest absolute Gasteiger partial charge is 0.340 e. The van der Waals surface area contributed by atoms with Crippen LogP contribution in [0.5, 0.6) is 0 Å². The van der Waals surface area contributed by atoms with E-state index in [4.69, 9.17) is 5.26 Å². The Bertz CT molecular complexity index is 1040. The van der Waals surface area contributed by atoms with Crippen molar-refractivity contribution in [3.05, 3.63) is 83.6 Å². The van der Waals surface area contributed by atoms with Crippen molar-refractivity contribution < 1.29 is 9.59 Å². The fourth-order valence-electron chi connectivity index (χ4n) is 2.44. The molecule has 1 heterocycles. The van der Waals surface area contributed by atoms with Crippen molar-refractivity contribution in [2.45, 2.75) is 6.92 Å². The van der Waals surface area contributed by atoms with Crippen LogP contribution in [0.1, 0.15) is 33.2 Å². The molecule has 0 saturated carbocycles. The number of hydrogen-bond acceptors (Lipinski definition) is 5. The Morgan fingerprint density at radius 2 is 1.74 bits per heavy atom. The summed E-state index contributed by atoms with van der Waals surface area (Å²) in [6, 6.07) is 19.2. The summed E-state index contributed by atoms with van der Waals surface area (Å²) in [4.78, 5) is 28.0. The average Bonchev–Trinajstić information content (AvgIpc) is 2.69. The van der Waals surface area contributed by atoms with Crippen LogP contribution in [0.3, 0.4) is 0 Å². The van der Waals surface area contributed by atoms with E-state index in [9.17, 15) is 9.59 Å². The van der Waals surface area contributed by atoms with Gasteiger partial charge in [-0.3, -0.25) is 9.59 Å². The number of nitrogens with zero attached hydrogens (tertiary/aromatic N) is 2. The molecular formula is C21H16N4O2. The molecule has 3 rings (SSSR count). The topological polar surface area (TPSA) is 94.9 Å². The molecule has 2 N–H and O–H groups in total. The Hall–Kier alpha value is -3.98. The first-order chi connectivity index (χ1) is 13.0. The standard InChI is InChI=1S/C21H16N4O2/c1-14(26)16-5-3-7-19(11-16)25-21(27)17-8-9-20(23-13-17)24-18-6-2-4-15(10-18)12-22/h2-11,13H,1H3,(H,23,24)(H,25,27). The zero-order valence-electron chi connectivity index (χ0n) is 14.6. The minimum Gasteiger partial charge on any atom is -0.340 e. The third-order valence-electron chi connectivity index (χ3n) is 3.82. The number of carbonyl (C=O) groups excluding carboxylic acids is 2. The van der Waals surface area contributed by atoms with Crippen LogP contribution in [0.4, 0.5) is 17.2 Å². The molecule has 3 aromatic rings. The summed E-state index contributed by atoms with van der Waals surface area (Å²) < 4.78 is 0. The second-order valence-corrected chi connectivity index (χ2v) is 5.84. The molecule has 0 unspecified atom stereocenters. The number of nitriles is 1. The predicted octanol–water partition coefficient (Wildman–Crippen LogP) is 4.15. The van der Waals surface area contributed by atoms with Crippen molar-refractivity contribution in [1.82, 2.24) is 4.98 Å². The molecule has 0 aliphatic carbocycles. The summed E-state index contributed by atoms with van der Waals surface area (Å²) in [6.07, 6.45) is 1.46. The Morgan fingerprint density at radius 1 is 0.963 bits per heavy atom. The summed E-state index contributed by atoms with van der Waals surface area (Å²) >= 11 is 0. The molecule has 0 aliphatic rings. The minimum absolute atomic E-state index is 0.0661. The molecule has 0 atom stereocenters. The molecule has 27 heavy (non-hydrogen) atoms. The fraction of sp³-hybridized carbons (Fsp3) is 0.0476. The van der Waals surface area contributed by atoms with E-state index in [2.05, 4.69) is 21.7 Å². The number of rotatable bonds is 5. The van der Waals surface area contributed by atoms with Crippen molar-refractivity contribution in [3.8, 4) is 6.07 Å². The highest BCUT2D eigenvalue weighted by atomic mass is 16.1. The highest BCUT2D eigenvalue weighted by Crippen LogP contribution is 2.17. The van der Waals surface area contributed by atoms with Crippen LogP contribution in [0.2, 0.25) is 0 Å². The third kappa shape index (κ3) is 4.55. The summed E-state index contributed by atoms with van der Waals surface area (Å²) in [5, 5.41) is 14.8. The highest BCUT2D eigenvalue weighted by molar-refractivity contribution is 6.05. The van der Waals surface area contributed by atoms with Crippen molar-refractivity contribution in [1.29, 1.82) is 5.26 Å². The molecule has 132 valence electrons. The number of nitrogens with one attached hydrogen (secondary N) is 2. The molecule has 0 fully saturated rings. The van der Waals surface area contributed by atoms with Crippen molar-refractivity contribution in [2.24, 2.45) is 0 Å². The maximum Gasteiger partial charge on any atom is 0.257 e. The van der Waals surface area contributed by atoms with E-state index >= 15 is 0 Å². The van der Waals surface area contributed by atoms with Crippen LogP contribution in [-0.4, -0.2) is 16.7 Å². The number of Topliss-reactive ketones (excluding diaryl/α,β-unsaturated/α-hetero) is 1. The van der Waals surface area contributed by atoms with Gasteiger partial charge >= 0.3 is 0 Å². The van der Waals surface area contributed by atoms with Crippen LogP contribution in [-0.2, 0) is 0 Å². The summed E-state index contributed by atoms with van der Waals surface area (Å²) in [5.41, 5.74) is 2.75. The molecule has 0 saturated heterocycles. The SMILES string of the molecule is CC(=O)c1cccc(NC(=O)c2ccc(Nc3cccc(C#N)c3)nc2)c1. The van der Waals surface area contributed by atoms with E-state index in [1.54, 1.807) is 54.6 Å². The van der Waals surface area contributed by atoms with Gasteiger partial charge in [0.05, 0.1) is 17.2 Å². The lowest BCUT2D eigenvalue weighted by molar-refractivity contribution is 0.101. The van der Waals surface area contributed by atoms with Gasteiger partial charge in [-0.2, -0.15) is 5.26 Å². The van der Waals surface area contributed by atoms with E-state index < -0.39 is 0 Å². The Morgan fingerprint density at radius 3 is 2.44 bits per heavy atom. The van der Waals surface area contributed by atoms with Gasteiger partial charge < -0.3 is 10.6 Å². The van der Waals surface area contributed by atoms with Crippen LogP contribution in [0.25, 0.3) is 0 Å². The van der Waals surface area contributed by atoms with Gasteiger partial charge in [-0.1, -0.05) is 18.2 Å². The zero-order chi connectivity index (χ0) is 19.2. The van der Waals surface area contributed by atoms with E-state index in [0.717, 1.165) is 5.69 Å². The molecular weight excluding hydrogens is 340 g/mol. The number of pyridine rings is 1. The van der Waals surface area contributed by atoms with Crippen molar-refractivity contribution in [3.63, 3.8) is 0 Å². The third-order valence-corrected chi connectivity index (χ3v) is 3.82. The lowest BCUT2D eigenvalue weighted by Gasteiger charge is -2.08. The molecule has 6 heteroatoms. The lowest BCUT2D eigenvalue weighted by Crippen LogP contribution is -2.12. The van der Waals surface area contributed by atoms with Gasteiger partial charge in [-0.25, -0.2) is 4.98 Å². The second-order valence-electron chi connectivity index (χ2n) is 5.84. The van der Waals surface area contributed by atoms with Crippen molar-refractivity contribution in [2.75, 3.05) is 10.6 Å². The minimum atomic E-state index is -0.318. The number of hydrogen-bond donors (Lipinski definition) is 2. The van der Waals surface area contributed by atoms with Crippen LogP contribution in [0, 0.1) is 11.3 Å².